The lowest BCUT2D eigenvalue weighted by Gasteiger charge is -2.39. The van der Waals surface area contributed by atoms with Crippen LogP contribution in [0.3, 0.4) is 0 Å². The lowest BCUT2D eigenvalue weighted by atomic mass is 9.99. The minimum atomic E-state index is -1.52. The van der Waals surface area contributed by atoms with Gasteiger partial charge in [-0.3, -0.25) is 4.79 Å². The highest BCUT2D eigenvalue weighted by molar-refractivity contribution is 5.66. The third-order valence-electron chi connectivity index (χ3n) is 6.01. The predicted molar refractivity (Wildman–Crippen MR) is 131 cm³/mol. The summed E-state index contributed by atoms with van der Waals surface area (Å²) in [5.74, 6) is -0.655. The van der Waals surface area contributed by atoms with E-state index < -0.39 is 56.0 Å². The molecule has 0 aromatic rings. The fraction of sp³-hybridized carbons (Fsp3) is 0.960. The van der Waals surface area contributed by atoms with Crippen LogP contribution in [0.15, 0.2) is 0 Å². The van der Waals surface area contributed by atoms with Gasteiger partial charge >= 0.3 is 5.97 Å². The summed E-state index contributed by atoms with van der Waals surface area (Å²) in [6.45, 7) is 0.889. The van der Waals surface area contributed by atoms with E-state index in [4.69, 9.17) is 29.9 Å². The first-order chi connectivity index (χ1) is 16.8. The maximum absolute atomic E-state index is 10.3. The molecular weight excluding hydrogens is 460 g/mol. The molecule has 0 bridgehead atoms. The van der Waals surface area contributed by atoms with Crippen molar-refractivity contribution in [2.24, 2.45) is 0 Å². The molecule has 10 nitrogen and oxygen atoms in total. The molecule has 210 valence electrons. The number of rotatable bonds is 19. The number of aliphatic carboxylic acids is 1. The number of aliphatic hydroxyl groups is 6. The maximum atomic E-state index is 10.3. The molecular formula is C25H50O10. The van der Waals surface area contributed by atoms with E-state index >= 15 is 0 Å². The minimum absolute atomic E-state index is 0.306. The molecule has 0 aliphatic carbocycles. The molecule has 35 heavy (non-hydrogen) atoms. The molecule has 0 radical (unpaired) electrons. The molecule has 0 spiro atoms. The lowest BCUT2D eigenvalue weighted by molar-refractivity contribution is -0.304. The van der Waals surface area contributed by atoms with Gasteiger partial charge in [0.25, 0.3) is 0 Å². The molecule has 10 heteroatoms. The van der Waals surface area contributed by atoms with Crippen molar-refractivity contribution in [1.82, 2.24) is 0 Å². The largest absolute Gasteiger partial charge is 0.481 e. The SMILES string of the molecule is CCCCCCCCCCCCCCCC(=O)O.OCC(O)COC1O[C@H](CO)[C@H](O)[C@H](O)[C@H]1O. The fourth-order valence-corrected chi connectivity index (χ4v) is 3.76. The van der Waals surface area contributed by atoms with Gasteiger partial charge in [0.2, 0.25) is 0 Å². The Morgan fingerprint density at radius 2 is 1.29 bits per heavy atom. The summed E-state index contributed by atoms with van der Waals surface area (Å²) < 4.78 is 9.93. The van der Waals surface area contributed by atoms with Crippen LogP contribution in [0.4, 0.5) is 0 Å². The van der Waals surface area contributed by atoms with Crippen molar-refractivity contribution in [2.75, 3.05) is 19.8 Å². The highest BCUT2D eigenvalue weighted by Crippen LogP contribution is 2.22. The fourth-order valence-electron chi connectivity index (χ4n) is 3.76. The molecule has 2 unspecified atom stereocenters. The minimum Gasteiger partial charge on any atom is -0.481 e. The average Bonchev–Trinajstić information content (AvgIpc) is 2.85. The number of aliphatic hydroxyl groups excluding tert-OH is 6. The summed E-state index contributed by atoms with van der Waals surface area (Å²) >= 11 is 0. The van der Waals surface area contributed by atoms with E-state index in [-0.39, 0.29) is 6.61 Å². The van der Waals surface area contributed by atoms with E-state index in [2.05, 4.69) is 6.92 Å². The number of carbonyl (C=O) groups is 1. The number of carboxylic acid groups (broad SMARTS) is 1. The first kappa shape index (κ1) is 34.1. The molecule has 0 aromatic heterocycles. The topological polar surface area (TPSA) is 177 Å². The van der Waals surface area contributed by atoms with Crippen LogP contribution in [0.2, 0.25) is 0 Å². The summed E-state index contributed by atoms with van der Waals surface area (Å²) in [7, 11) is 0. The van der Waals surface area contributed by atoms with E-state index in [0.29, 0.717) is 6.42 Å². The Bertz CT molecular complexity index is 491. The van der Waals surface area contributed by atoms with E-state index in [9.17, 15) is 20.1 Å². The van der Waals surface area contributed by atoms with Crippen LogP contribution in [0, 0.1) is 0 Å². The van der Waals surface area contributed by atoms with Gasteiger partial charge in [-0.15, -0.1) is 0 Å². The van der Waals surface area contributed by atoms with Crippen molar-refractivity contribution >= 4 is 5.97 Å². The molecule has 1 heterocycles. The molecule has 0 aromatic carbocycles. The molecule has 1 fully saturated rings. The molecule has 1 saturated heterocycles. The quantitative estimate of drug-likeness (QED) is 0.127. The Balaban J connectivity index is 0.000000661. The highest BCUT2D eigenvalue weighted by Gasteiger charge is 2.44. The van der Waals surface area contributed by atoms with Gasteiger partial charge in [-0.2, -0.15) is 0 Å². The summed E-state index contributed by atoms with van der Waals surface area (Å²) in [5.41, 5.74) is 0. The van der Waals surface area contributed by atoms with Crippen molar-refractivity contribution < 1.29 is 50.0 Å². The summed E-state index contributed by atoms with van der Waals surface area (Å²) in [4.78, 5) is 10.3. The van der Waals surface area contributed by atoms with Gasteiger partial charge in [-0.1, -0.05) is 84.0 Å². The zero-order valence-electron chi connectivity index (χ0n) is 21.3. The van der Waals surface area contributed by atoms with E-state index in [1.165, 1.54) is 70.6 Å². The second-order valence-electron chi connectivity index (χ2n) is 9.25. The van der Waals surface area contributed by atoms with Crippen molar-refractivity contribution in [3.63, 3.8) is 0 Å². The van der Waals surface area contributed by atoms with Crippen LogP contribution < -0.4 is 0 Å². The van der Waals surface area contributed by atoms with Crippen LogP contribution >= 0.6 is 0 Å². The number of unbranched alkanes of at least 4 members (excludes halogenated alkanes) is 12. The van der Waals surface area contributed by atoms with Crippen molar-refractivity contribution in [3.8, 4) is 0 Å². The van der Waals surface area contributed by atoms with Crippen molar-refractivity contribution in [2.45, 2.75) is 134 Å². The first-order valence-electron chi connectivity index (χ1n) is 13.2. The van der Waals surface area contributed by atoms with Crippen LogP contribution in [-0.2, 0) is 14.3 Å². The van der Waals surface area contributed by atoms with Crippen LogP contribution in [-0.4, -0.2) is 98.3 Å². The predicted octanol–water partition coefficient (Wildman–Crippen LogP) is 1.71. The molecule has 0 amide bonds. The zero-order chi connectivity index (χ0) is 26.5. The highest BCUT2D eigenvalue weighted by atomic mass is 16.7. The standard InChI is InChI=1S/C16H32O2.C9H18O8/c1-2-3-4-5-6-7-8-9-10-11-12-13-14-15-16(17)18;10-1-4(12)3-16-9-8(15)7(14)6(13)5(2-11)17-9/h2-15H2,1H3,(H,17,18);4-15H,1-3H2/t;4?,5-,6+,7+,8-,9?/m.1/s1. The van der Waals surface area contributed by atoms with Gasteiger partial charge in [-0.05, 0) is 6.42 Å². The van der Waals surface area contributed by atoms with E-state index in [1.54, 1.807) is 0 Å². The van der Waals surface area contributed by atoms with E-state index in [0.717, 1.165) is 12.8 Å². The van der Waals surface area contributed by atoms with Gasteiger partial charge in [0.15, 0.2) is 6.29 Å². The monoisotopic (exact) mass is 510 g/mol. The third kappa shape index (κ3) is 17.3. The first-order valence-corrected chi connectivity index (χ1v) is 13.2. The molecule has 1 rings (SSSR count). The normalized spacial score (nSPS) is 25.1. The molecule has 0 saturated carbocycles. The summed E-state index contributed by atoms with van der Waals surface area (Å²) in [6, 6.07) is 0. The second-order valence-corrected chi connectivity index (χ2v) is 9.25. The Morgan fingerprint density at radius 3 is 1.71 bits per heavy atom. The van der Waals surface area contributed by atoms with Crippen molar-refractivity contribution in [3.05, 3.63) is 0 Å². The van der Waals surface area contributed by atoms with Crippen LogP contribution in [0.25, 0.3) is 0 Å². The molecule has 7 N–H and O–H groups in total. The number of ether oxygens (including phenoxy) is 2. The van der Waals surface area contributed by atoms with E-state index in [1.807, 2.05) is 0 Å². The summed E-state index contributed by atoms with van der Waals surface area (Å²) in [6.07, 6.45) is 9.33. The molecule has 1 aliphatic heterocycles. The Morgan fingerprint density at radius 1 is 0.800 bits per heavy atom. The maximum Gasteiger partial charge on any atom is 0.303 e. The molecule has 6 atom stereocenters. The number of carboxylic acids is 1. The van der Waals surface area contributed by atoms with Gasteiger partial charge < -0.3 is 45.2 Å². The molecule has 1 aliphatic rings. The Kier molecular flexibility index (Phi) is 21.8. The smallest absolute Gasteiger partial charge is 0.303 e. The Labute approximate surface area is 209 Å². The zero-order valence-corrected chi connectivity index (χ0v) is 21.3. The third-order valence-corrected chi connectivity index (χ3v) is 6.01. The van der Waals surface area contributed by atoms with Gasteiger partial charge in [-0.25, -0.2) is 0 Å². The summed E-state index contributed by atoms with van der Waals surface area (Å²) in [5, 5.41) is 63.4. The number of hydrogen-bond acceptors (Lipinski definition) is 9. The van der Waals surface area contributed by atoms with Crippen LogP contribution in [0.1, 0.15) is 96.8 Å². The van der Waals surface area contributed by atoms with Gasteiger partial charge in [0.05, 0.1) is 19.8 Å². The average molecular weight is 511 g/mol. The van der Waals surface area contributed by atoms with Crippen LogP contribution in [0.5, 0.6) is 0 Å². The van der Waals surface area contributed by atoms with Gasteiger partial charge in [0.1, 0.15) is 30.5 Å². The number of hydrogen-bond donors (Lipinski definition) is 7. The van der Waals surface area contributed by atoms with Crippen molar-refractivity contribution in [1.29, 1.82) is 0 Å². The van der Waals surface area contributed by atoms with Gasteiger partial charge in [0, 0.05) is 6.42 Å². The Hall–Kier alpha value is -0.850. The lowest BCUT2D eigenvalue weighted by Crippen LogP contribution is -2.59. The second kappa shape index (κ2) is 22.4.